The van der Waals surface area contributed by atoms with E-state index in [4.69, 9.17) is 4.74 Å². The summed E-state index contributed by atoms with van der Waals surface area (Å²) in [5.74, 6) is 0.0374. The van der Waals surface area contributed by atoms with Crippen LogP contribution in [0.1, 0.15) is 38.2 Å². The van der Waals surface area contributed by atoms with E-state index in [0.29, 0.717) is 19.1 Å². The number of nitrogens with one attached hydrogen (secondary N) is 2. The molecule has 5 heteroatoms. The van der Waals surface area contributed by atoms with Crippen molar-refractivity contribution in [3.05, 3.63) is 29.8 Å². The van der Waals surface area contributed by atoms with Crippen molar-refractivity contribution in [3.63, 3.8) is 0 Å². The van der Waals surface area contributed by atoms with Crippen LogP contribution in [0, 0.1) is 0 Å². The van der Waals surface area contributed by atoms with Crippen LogP contribution in [0.4, 0.5) is 5.69 Å². The molecule has 1 amide bonds. The monoisotopic (exact) mass is 331 g/mol. The third kappa shape index (κ3) is 5.03. The second kappa shape index (κ2) is 8.60. The molecular formula is C19H29N3O2. The van der Waals surface area contributed by atoms with E-state index in [1.54, 1.807) is 0 Å². The molecule has 2 atom stereocenters. The van der Waals surface area contributed by atoms with Gasteiger partial charge in [0.05, 0.1) is 13.2 Å². The lowest BCUT2D eigenvalue weighted by molar-refractivity contribution is -0.117. The van der Waals surface area contributed by atoms with Gasteiger partial charge in [0.2, 0.25) is 5.91 Å². The number of rotatable bonds is 5. The summed E-state index contributed by atoms with van der Waals surface area (Å²) in [4.78, 5) is 14.7. The SMILES string of the molecule is CC1CCCCN1Cc1ccc(NC(=O)CC2COCCN2)cc1. The molecule has 2 aliphatic heterocycles. The Balaban J connectivity index is 1.47. The minimum atomic E-state index is 0.0374. The van der Waals surface area contributed by atoms with Crippen molar-refractivity contribution < 1.29 is 9.53 Å². The maximum atomic E-state index is 12.1. The van der Waals surface area contributed by atoms with Gasteiger partial charge in [-0.2, -0.15) is 0 Å². The first-order valence-corrected chi connectivity index (χ1v) is 9.14. The Kier molecular flexibility index (Phi) is 6.24. The zero-order valence-corrected chi connectivity index (χ0v) is 14.6. The van der Waals surface area contributed by atoms with Gasteiger partial charge < -0.3 is 15.4 Å². The highest BCUT2D eigenvalue weighted by molar-refractivity contribution is 5.91. The summed E-state index contributed by atoms with van der Waals surface area (Å²) in [5.41, 5.74) is 2.18. The second-order valence-corrected chi connectivity index (χ2v) is 6.99. The molecule has 5 nitrogen and oxygen atoms in total. The summed E-state index contributed by atoms with van der Waals surface area (Å²) in [6, 6.07) is 9.05. The number of amides is 1. The quantitative estimate of drug-likeness (QED) is 0.870. The number of anilines is 1. The number of carbonyl (C=O) groups is 1. The lowest BCUT2D eigenvalue weighted by Crippen LogP contribution is -2.43. The predicted octanol–water partition coefficient (Wildman–Crippen LogP) is 2.38. The maximum absolute atomic E-state index is 12.1. The van der Waals surface area contributed by atoms with Crippen LogP contribution in [0.25, 0.3) is 0 Å². The Hall–Kier alpha value is -1.43. The Labute approximate surface area is 144 Å². The number of piperidine rings is 1. The highest BCUT2D eigenvalue weighted by Gasteiger charge is 2.19. The minimum Gasteiger partial charge on any atom is -0.378 e. The molecule has 2 unspecified atom stereocenters. The van der Waals surface area contributed by atoms with Crippen LogP contribution in [0.5, 0.6) is 0 Å². The Bertz CT molecular complexity index is 526. The van der Waals surface area contributed by atoms with E-state index in [9.17, 15) is 4.79 Å². The van der Waals surface area contributed by atoms with Gasteiger partial charge in [-0.15, -0.1) is 0 Å². The van der Waals surface area contributed by atoms with Gasteiger partial charge in [0, 0.05) is 37.3 Å². The number of nitrogens with zero attached hydrogens (tertiary/aromatic N) is 1. The predicted molar refractivity (Wildman–Crippen MR) is 96.0 cm³/mol. The fraction of sp³-hybridized carbons (Fsp3) is 0.632. The van der Waals surface area contributed by atoms with Crippen molar-refractivity contribution >= 4 is 11.6 Å². The summed E-state index contributed by atoms with van der Waals surface area (Å²) < 4.78 is 5.38. The van der Waals surface area contributed by atoms with E-state index in [1.165, 1.54) is 31.4 Å². The fourth-order valence-corrected chi connectivity index (χ4v) is 3.51. The van der Waals surface area contributed by atoms with Crippen molar-refractivity contribution in [1.29, 1.82) is 0 Å². The summed E-state index contributed by atoms with van der Waals surface area (Å²) in [6.07, 6.45) is 4.40. The number of hydrogen-bond acceptors (Lipinski definition) is 4. The number of hydrogen-bond donors (Lipinski definition) is 2. The van der Waals surface area contributed by atoms with Gasteiger partial charge in [-0.1, -0.05) is 18.6 Å². The van der Waals surface area contributed by atoms with Gasteiger partial charge in [-0.05, 0) is 44.0 Å². The third-order valence-corrected chi connectivity index (χ3v) is 4.99. The van der Waals surface area contributed by atoms with Gasteiger partial charge >= 0.3 is 0 Å². The first-order valence-electron chi connectivity index (χ1n) is 9.14. The summed E-state index contributed by atoms with van der Waals surface area (Å²) in [7, 11) is 0. The highest BCUT2D eigenvalue weighted by atomic mass is 16.5. The van der Waals surface area contributed by atoms with Gasteiger partial charge in [-0.25, -0.2) is 0 Å². The molecule has 0 spiro atoms. The molecule has 132 valence electrons. The molecule has 3 rings (SSSR count). The first kappa shape index (κ1) is 17.4. The van der Waals surface area contributed by atoms with E-state index in [1.807, 2.05) is 12.1 Å². The summed E-state index contributed by atoms with van der Waals surface area (Å²) >= 11 is 0. The molecule has 1 aromatic rings. The van der Waals surface area contributed by atoms with Crippen LogP contribution in [0.15, 0.2) is 24.3 Å². The molecule has 0 radical (unpaired) electrons. The van der Waals surface area contributed by atoms with Gasteiger partial charge in [0.1, 0.15) is 0 Å². The molecule has 1 aromatic carbocycles. The topological polar surface area (TPSA) is 53.6 Å². The van der Waals surface area contributed by atoms with E-state index in [-0.39, 0.29) is 11.9 Å². The molecule has 0 aromatic heterocycles. The zero-order valence-electron chi connectivity index (χ0n) is 14.6. The Morgan fingerprint density at radius 2 is 2.17 bits per heavy atom. The number of ether oxygens (including phenoxy) is 1. The van der Waals surface area contributed by atoms with Crippen LogP contribution < -0.4 is 10.6 Å². The lowest BCUT2D eigenvalue weighted by atomic mass is 10.0. The molecule has 0 saturated carbocycles. The average Bonchev–Trinajstić information content (AvgIpc) is 2.59. The largest absolute Gasteiger partial charge is 0.378 e. The van der Waals surface area contributed by atoms with E-state index < -0.39 is 0 Å². The Morgan fingerprint density at radius 3 is 2.88 bits per heavy atom. The van der Waals surface area contributed by atoms with Crippen molar-refractivity contribution in [2.75, 3.05) is 31.6 Å². The normalized spacial score (nSPS) is 25.4. The average molecular weight is 331 g/mol. The summed E-state index contributed by atoms with van der Waals surface area (Å²) in [5, 5.41) is 6.28. The lowest BCUT2D eigenvalue weighted by Gasteiger charge is -2.33. The second-order valence-electron chi connectivity index (χ2n) is 6.99. The molecule has 2 aliphatic rings. The number of likely N-dealkylation sites (tertiary alicyclic amines) is 1. The zero-order chi connectivity index (χ0) is 16.8. The van der Waals surface area contributed by atoms with E-state index in [0.717, 1.165) is 25.4 Å². The van der Waals surface area contributed by atoms with Crippen LogP contribution in [-0.4, -0.2) is 49.2 Å². The molecular weight excluding hydrogens is 302 g/mol. The van der Waals surface area contributed by atoms with Crippen LogP contribution >= 0.6 is 0 Å². The Morgan fingerprint density at radius 1 is 1.33 bits per heavy atom. The molecule has 2 fully saturated rings. The van der Waals surface area contributed by atoms with Crippen molar-refractivity contribution in [3.8, 4) is 0 Å². The maximum Gasteiger partial charge on any atom is 0.226 e. The summed E-state index contributed by atoms with van der Waals surface area (Å²) in [6.45, 7) is 6.67. The van der Waals surface area contributed by atoms with Gasteiger partial charge in [0.15, 0.2) is 0 Å². The number of morpholine rings is 1. The molecule has 2 heterocycles. The molecule has 2 saturated heterocycles. The van der Waals surface area contributed by atoms with E-state index in [2.05, 4.69) is 34.6 Å². The van der Waals surface area contributed by atoms with Crippen LogP contribution in [0.3, 0.4) is 0 Å². The molecule has 0 aliphatic carbocycles. The van der Waals surface area contributed by atoms with Crippen LogP contribution in [0.2, 0.25) is 0 Å². The minimum absolute atomic E-state index is 0.0374. The van der Waals surface area contributed by atoms with Crippen molar-refractivity contribution in [1.82, 2.24) is 10.2 Å². The number of carbonyl (C=O) groups excluding carboxylic acids is 1. The molecule has 2 N–H and O–H groups in total. The third-order valence-electron chi connectivity index (χ3n) is 4.99. The van der Waals surface area contributed by atoms with Gasteiger partial charge in [0.25, 0.3) is 0 Å². The standard InChI is InChI=1S/C19H29N3O2/c1-15-4-2-3-10-22(15)13-16-5-7-17(8-6-16)21-19(23)12-18-14-24-11-9-20-18/h5-8,15,18,20H,2-4,9-14H2,1H3,(H,21,23). The molecule has 24 heavy (non-hydrogen) atoms. The van der Waals surface area contributed by atoms with Crippen molar-refractivity contribution in [2.24, 2.45) is 0 Å². The molecule has 0 bridgehead atoms. The van der Waals surface area contributed by atoms with Crippen molar-refractivity contribution in [2.45, 2.75) is 51.2 Å². The van der Waals surface area contributed by atoms with E-state index >= 15 is 0 Å². The van der Waals surface area contributed by atoms with Gasteiger partial charge in [-0.3, -0.25) is 9.69 Å². The van der Waals surface area contributed by atoms with Crippen LogP contribution in [-0.2, 0) is 16.1 Å². The highest BCUT2D eigenvalue weighted by Crippen LogP contribution is 2.20. The number of benzene rings is 1. The smallest absolute Gasteiger partial charge is 0.226 e. The first-order chi connectivity index (χ1) is 11.7. The fourth-order valence-electron chi connectivity index (χ4n) is 3.51.